The molecular formula is C15H18N4O2. The number of nitrogens with one attached hydrogen (secondary N) is 1. The number of carbonyl (C=O) groups excluding carboxylic acids is 1. The summed E-state index contributed by atoms with van der Waals surface area (Å²) in [5, 5.41) is 11.8. The van der Waals surface area contributed by atoms with E-state index in [0.29, 0.717) is 12.5 Å². The molecule has 0 radical (unpaired) electrons. The molecule has 0 bridgehead atoms. The highest BCUT2D eigenvalue weighted by molar-refractivity contribution is 5.80. The molecule has 0 aliphatic heterocycles. The fraction of sp³-hybridized carbons (Fsp3) is 0.267. The fourth-order valence-electron chi connectivity index (χ4n) is 1.79. The van der Waals surface area contributed by atoms with Crippen molar-refractivity contribution >= 4 is 11.9 Å². The van der Waals surface area contributed by atoms with Gasteiger partial charge in [0.1, 0.15) is 0 Å². The topological polar surface area (TPSA) is 78.4 Å². The van der Waals surface area contributed by atoms with Crippen molar-refractivity contribution in [1.82, 2.24) is 15.3 Å². The van der Waals surface area contributed by atoms with Crippen LogP contribution in [0.5, 0.6) is 0 Å². The van der Waals surface area contributed by atoms with Gasteiger partial charge >= 0.3 is 0 Å². The van der Waals surface area contributed by atoms with Gasteiger partial charge in [-0.15, -0.1) is 0 Å². The van der Waals surface area contributed by atoms with Crippen molar-refractivity contribution in [2.45, 2.75) is 13.2 Å². The van der Waals surface area contributed by atoms with Crippen LogP contribution in [0.15, 0.2) is 42.7 Å². The summed E-state index contributed by atoms with van der Waals surface area (Å²) in [5.41, 5.74) is 1.84. The van der Waals surface area contributed by atoms with Crippen molar-refractivity contribution < 1.29 is 9.90 Å². The molecule has 0 saturated heterocycles. The van der Waals surface area contributed by atoms with Gasteiger partial charge in [0, 0.05) is 26.0 Å². The van der Waals surface area contributed by atoms with Gasteiger partial charge in [0.2, 0.25) is 11.9 Å². The van der Waals surface area contributed by atoms with Gasteiger partial charge in [-0.1, -0.05) is 24.3 Å². The molecule has 6 heteroatoms. The predicted octanol–water partition coefficient (Wildman–Crippen LogP) is 0.721. The van der Waals surface area contributed by atoms with Crippen LogP contribution in [0.4, 0.5) is 5.95 Å². The molecule has 21 heavy (non-hydrogen) atoms. The first-order chi connectivity index (χ1) is 10.2. The lowest BCUT2D eigenvalue weighted by molar-refractivity contribution is -0.119. The van der Waals surface area contributed by atoms with Crippen LogP contribution in [0.1, 0.15) is 11.1 Å². The van der Waals surface area contributed by atoms with Gasteiger partial charge < -0.3 is 15.3 Å². The predicted molar refractivity (Wildman–Crippen MR) is 79.5 cm³/mol. The van der Waals surface area contributed by atoms with E-state index in [2.05, 4.69) is 15.3 Å². The largest absolute Gasteiger partial charge is 0.392 e. The van der Waals surface area contributed by atoms with E-state index in [1.165, 1.54) is 0 Å². The summed E-state index contributed by atoms with van der Waals surface area (Å²) in [4.78, 5) is 21.7. The Hall–Kier alpha value is -2.47. The summed E-state index contributed by atoms with van der Waals surface area (Å²) < 4.78 is 0. The van der Waals surface area contributed by atoms with Gasteiger partial charge in [-0.05, 0) is 17.2 Å². The lowest BCUT2D eigenvalue weighted by Gasteiger charge is -2.16. The summed E-state index contributed by atoms with van der Waals surface area (Å²) >= 11 is 0. The Morgan fingerprint density at radius 3 is 2.43 bits per heavy atom. The van der Waals surface area contributed by atoms with Gasteiger partial charge in [-0.2, -0.15) is 0 Å². The minimum absolute atomic E-state index is 0.0223. The lowest BCUT2D eigenvalue weighted by atomic mass is 10.1. The van der Waals surface area contributed by atoms with E-state index in [9.17, 15) is 4.79 Å². The molecule has 0 fully saturated rings. The number of benzene rings is 1. The molecule has 0 aliphatic rings. The van der Waals surface area contributed by atoms with Crippen LogP contribution in [0, 0.1) is 0 Å². The number of amides is 1. The van der Waals surface area contributed by atoms with Gasteiger partial charge in [0.25, 0.3) is 0 Å². The second-order valence-electron chi connectivity index (χ2n) is 4.66. The Morgan fingerprint density at radius 2 is 1.81 bits per heavy atom. The Kier molecular flexibility index (Phi) is 5.22. The van der Waals surface area contributed by atoms with Gasteiger partial charge in [-0.25, -0.2) is 9.97 Å². The molecule has 6 nitrogen and oxygen atoms in total. The van der Waals surface area contributed by atoms with E-state index in [-0.39, 0.29) is 19.1 Å². The molecule has 110 valence electrons. The number of rotatable bonds is 6. The standard InChI is InChI=1S/C15H18N4O2/c1-19(15-16-7-2-8-17-15)10-14(21)18-9-12-3-5-13(11-20)6-4-12/h2-8,20H,9-11H2,1H3,(H,18,21). The normalized spacial score (nSPS) is 10.2. The Labute approximate surface area is 123 Å². The van der Waals surface area contributed by atoms with E-state index in [1.807, 2.05) is 24.3 Å². The molecule has 2 rings (SSSR count). The lowest BCUT2D eigenvalue weighted by Crippen LogP contribution is -2.35. The van der Waals surface area contributed by atoms with Crippen molar-refractivity contribution in [3.05, 3.63) is 53.9 Å². The molecule has 1 aromatic carbocycles. The van der Waals surface area contributed by atoms with Gasteiger partial charge in [0.15, 0.2) is 0 Å². The Balaban J connectivity index is 1.81. The third-order valence-corrected chi connectivity index (χ3v) is 2.97. The first-order valence-electron chi connectivity index (χ1n) is 6.62. The van der Waals surface area contributed by atoms with Crippen LogP contribution >= 0.6 is 0 Å². The summed E-state index contributed by atoms with van der Waals surface area (Å²) in [6, 6.07) is 9.18. The van der Waals surface area contributed by atoms with Crippen molar-refractivity contribution in [3.8, 4) is 0 Å². The minimum atomic E-state index is -0.101. The fourth-order valence-corrected chi connectivity index (χ4v) is 1.79. The number of aromatic nitrogens is 2. The molecule has 0 spiro atoms. The van der Waals surface area contributed by atoms with E-state index < -0.39 is 0 Å². The molecule has 1 heterocycles. The Bertz CT molecular complexity index is 572. The number of nitrogens with zero attached hydrogens (tertiary/aromatic N) is 3. The molecule has 2 aromatic rings. The summed E-state index contributed by atoms with van der Waals surface area (Å²) in [6.45, 7) is 0.668. The van der Waals surface area contributed by atoms with E-state index in [0.717, 1.165) is 11.1 Å². The van der Waals surface area contributed by atoms with Crippen LogP contribution < -0.4 is 10.2 Å². The van der Waals surface area contributed by atoms with Crippen LogP contribution in [-0.2, 0) is 17.9 Å². The minimum Gasteiger partial charge on any atom is -0.392 e. The quantitative estimate of drug-likeness (QED) is 0.818. The second-order valence-corrected chi connectivity index (χ2v) is 4.66. The van der Waals surface area contributed by atoms with Crippen LogP contribution in [0.25, 0.3) is 0 Å². The first kappa shape index (κ1) is 14.9. The number of anilines is 1. The van der Waals surface area contributed by atoms with Crippen molar-refractivity contribution in [2.75, 3.05) is 18.5 Å². The maximum atomic E-state index is 11.9. The number of likely N-dealkylation sites (N-methyl/N-ethyl adjacent to an activating group) is 1. The molecule has 1 amide bonds. The zero-order valence-electron chi connectivity index (χ0n) is 11.9. The SMILES string of the molecule is CN(CC(=O)NCc1ccc(CO)cc1)c1ncccn1. The van der Waals surface area contributed by atoms with E-state index in [4.69, 9.17) is 5.11 Å². The van der Waals surface area contributed by atoms with E-state index in [1.54, 1.807) is 30.4 Å². The van der Waals surface area contributed by atoms with Gasteiger partial charge in [-0.3, -0.25) is 4.79 Å². The van der Waals surface area contributed by atoms with Crippen molar-refractivity contribution in [2.24, 2.45) is 0 Å². The smallest absolute Gasteiger partial charge is 0.239 e. The highest BCUT2D eigenvalue weighted by atomic mass is 16.3. The zero-order chi connectivity index (χ0) is 15.1. The second kappa shape index (κ2) is 7.35. The monoisotopic (exact) mass is 286 g/mol. The number of carbonyl (C=O) groups is 1. The molecule has 0 unspecified atom stereocenters. The maximum Gasteiger partial charge on any atom is 0.239 e. The van der Waals surface area contributed by atoms with Crippen LogP contribution in [-0.4, -0.2) is 34.6 Å². The van der Waals surface area contributed by atoms with Crippen LogP contribution in [0.3, 0.4) is 0 Å². The number of aliphatic hydroxyl groups is 1. The molecule has 0 saturated carbocycles. The van der Waals surface area contributed by atoms with Crippen molar-refractivity contribution in [3.63, 3.8) is 0 Å². The maximum absolute atomic E-state index is 11.9. The number of aliphatic hydroxyl groups excluding tert-OH is 1. The molecule has 0 aliphatic carbocycles. The van der Waals surface area contributed by atoms with Gasteiger partial charge in [0.05, 0.1) is 13.2 Å². The average Bonchev–Trinajstić information content (AvgIpc) is 2.54. The molecule has 0 atom stereocenters. The highest BCUT2D eigenvalue weighted by Crippen LogP contribution is 2.04. The summed E-state index contributed by atoms with van der Waals surface area (Å²) in [6.07, 6.45) is 3.28. The van der Waals surface area contributed by atoms with Crippen LogP contribution in [0.2, 0.25) is 0 Å². The Morgan fingerprint density at radius 1 is 1.19 bits per heavy atom. The summed E-state index contributed by atoms with van der Waals surface area (Å²) in [7, 11) is 1.77. The third-order valence-electron chi connectivity index (χ3n) is 2.97. The average molecular weight is 286 g/mol. The molecule has 1 aromatic heterocycles. The first-order valence-corrected chi connectivity index (χ1v) is 6.62. The van der Waals surface area contributed by atoms with Crippen molar-refractivity contribution in [1.29, 1.82) is 0 Å². The molecular weight excluding hydrogens is 268 g/mol. The number of hydrogen-bond donors (Lipinski definition) is 2. The van der Waals surface area contributed by atoms with E-state index >= 15 is 0 Å². The number of hydrogen-bond acceptors (Lipinski definition) is 5. The summed E-state index contributed by atoms with van der Waals surface area (Å²) in [5.74, 6) is 0.413. The zero-order valence-corrected chi connectivity index (χ0v) is 11.9. The molecule has 2 N–H and O–H groups in total. The third kappa shape index (κ3) is 4.54. The highest BCUT2D eigenvalue weighted by Gasteiger charge is 2.08.